The molecule has 0 bridgehead atoms. The molecular weight excluding hydrogens is 351 g/mol. The van der Waals surface area contributed by atoms with Crippen molar-refractivity contribution in [2.24, 2.45) is 0 Å². The Kier molecular flexibility index (Phi) is 5.59. The van der Waals surface area contributed by atoms with Crippen molar-refractivity contribution >= 4 is 24.7 Å². The summed E-state index contributed by atoms with van der Waals surface area (Å²) in [4.78, 5) is 23.3. The van der Waals surface area contributed by atoms with Gasteiger partial charge in [-0.3, -0.25) is 4.79 Å². The van der Waals surface area contributed by atoms with E-state index >= 15 is 0 Å². The number of fused-ring (bicyclic) bond motifs is 2. The van der Waals surface area contributed by atoms with Crippen LogP contribution in [0.5, 0.6) is 0 Å². The first-order valence-corrected chi connectivity index (χ1v) is 9.70. The van der Waals surface area contributed by atoms with Gasteiger partial charge in [-0.2, -0.15) is 0 Å². The lowest BCUT2D eigenvalue weighted by atomic mass is 9.69. The third kappa shape index (κ3) is 4.18. The van der Waals surface area contributed by atoms with Crippen LogP contribution >= 0.6 is 0 Å². The van der Waals surface area contributed by atoms with Crippen molar-refractivity contribution in [3.63, 3.8) is 0 Å². The number of carbonyl (C=O) groups is 1. The molecule has 1 N–H and O–H groups in total. The van der Waals surface area contributed by atoms with Crippen molar-refractivity contribution in [1.29, 1.82) is 0 Å². The fourth-order valence-corrected chi connectivity index (χ4v) is 3.82. The van der Waals surface area contributed by atoms with E-state index in [0.29, 0.717) is 38.0 Å². The Morgan fingerprint density at radius 2 is 2.11 bits per heavy atom. The van der Waals surface area contributed by atoms with Crippen LogP contribution in [0.4, 0.5) is 5.95 Å². The molecule has 2 heterocycles. The highest BCUT2D eigenvalue weighted by molar-refractivity contribution is 6.53. The van der Waals surface area contributed by atoms with Crippen molar-refractivity contribution in [2.75, 3.05) is 25.0 Å². The summed E-state index contributed by atoms with van der Waals surface area (Å²) in [6.07, 6.45) is 10.2. The van der Waals surface area contributed by atoms with Crippen LogP contribution in [0.15, 0.2) is 30.5 Å². The van der Waals surface area contributed by atoms with E-state index in [-0.39, 0.29) is 12.5 Å². The predicted molar refractivity (Wildman–Crippen MR) is 110 cm³/mol. The Morgan fingerprint density at radius 3 is 2.86 bits per heavy atom. The zero-order valence-corrected chi connectivity index (χ0v) is 15.9. The van der Waals surface area contributed by atoms with Crippen LogP contribution in [-0.4, -0.2) is 53.8 Å². The topological polar surface area (TPSA) is 67.3 Å². The molecule has 7 heteroatoms. The van der Waals surface area contributed by atoms with Gasteiger partial charge in [0.05, 0.1) is 6.61 Å². The molecule has 0 saturated heterocycles. The molecule has 0 saturated carbocycles. The molecule has 0 atom stereocenters. The standard InChI is InChI=1S/C21H23BN4O2/c1-2-3-8-28-13-19(27)26-12-17-11-23-21(25-20(17)22-14-26)24-18-9-15-6-4-5-7-16(15)10-18/h1,4-7,11,18,22H,3,8-10,12-14H2,(H,23,24,25). The van der Waals surface area contributed by atoms with Crippen molar-refractivity contribution in [3.05, 3.63) is 47.2 Å². The lowest BCUT2D eigenvalue weighted by molar-refractivity contribution is -0.135. The number of rotatable bonds is 6. The van der Waals surface area contributed by atoms with Crippen LogP contribution in [0.25, 0.3) is 0 Å². The number of carbonyl (C=O) groups excluding carboxylic acids is 1. The van der Waals surface area contributed by atoms with E-state index < -0.39 is 0 Å². The molecule has 2 aromatic rings. The normalized spacial score (nSPS) is 15.3. The quantitative estimate of drug-likeness (QED) is 0.452. The molecule has 142 valence electrons. The van der Waals surface area contributed by atoms with Gasteiger partial charge >= 0.3 is 0 Å². The average Bonchev–Trinajstić information content (AvgIpc) is 3.13. The number of benzene rings is 1. The van der Waals surface area contributed by atoms with Crippen molar-refractivity contribution < 1.29 is 9.53 Å². The highest BCUT2D eigenvalue weighted by Gasteiger charge is 2.25. The molecule has 28 heavy (non-hydrogen) atoms. The van der Waals surface area contributed by atoms with Crippen molar-refractivity contribution in [1.82, 2.24) is 14.9 Å². The first kappa shape index (κ1) is 18.5. The number of amides is 1. The van der Waals surface area contributed by atoms with E-state index in [4.69, 9.17) is 16.1 Å². The largest absolute Gasteiger partial charge is 0.371 e. The molecule has 0 unspecified atom stereocenters. The van der Waals surface area contributed by atoms with Gasteiger partial charge in [0.15, 0.2) is 0 Å². The minimum atomic E-state index is -0.0198. The van der Waals surface area contributed by atoms with Crippen LogP contribution in [0.1, 0.15) is 23.1 Å². The van der Waals surface area contributed by atoms with Gasteiger partial charge in [-0.05, 0) is 24.0 Å². The molecule has 6 nitrogen and oxygen atoms in total. The molecule has 0 radical (unpaired) electrons. The average molecular weight is 374 g/mol. The number of terminal acetylenes is 1. The minimum absolute atomic E-state index is 0.0198. The molecule has 0 spiro atoms. The molecular formula is C21H23BN4O2. The van der Waals surface area contributed by atoms with Crippen molar-refractivity contribution in [2.45, 2.75) is 31.8 Å². The minimum Gasteiger partial charge on any atom is -0.371 e. The Morgan fingerprint density at radius 1 is 1.32 bits per heavy atom. The molecule has 4 rings (SSSR count). The summed E-state index contributed by atoms with van der Waals surface area (Å²) in [5.74, 6) is 3.15. The first-order valence-electron chi connectivity index (χ1n) is 9.70. The zero-order chi connectivity index (χ0) is 19.3. The maximum absolute atomic E-state index is 12.3. The Hall–Kier alpha value is -2.85. The molecule has 2 aliphatic rings. The number of hydrogen-bond donors (Lipinski definition) is 1. The van der Waals surface area contributed by atoms with Crippen molar-refractivity contribution in [3.8, 4) is 12.3 Å². The van der Waals surface area contributed by atoms with E-state index in [1.807, 2.05) is 6.20 Å². The molecule has 1 aromatic carbocycles. The highest BCUT2D eigenvalue weighted by Crippen LogP contribution is 2.23. The van der Waals surface area contributed by atoms with Crippen LogP contribution in [0.2, 0.25) is 0 Å². The maximum Gasteiger partial charge on any atom is 0.248 e. The zero-order valence-electron chi connectivity index (χ0n) is 15.9. The molecule has 1 aliphatic heterocycles. The second-order valence-corrected chi connectivity index (χ2v) is 7.26. The van der Waals surface area contributed by atoms with Gasteiger partial charge in [-0.15, -0.1) is 12.3 Å². The summed E-state index contributed by atoms with van der Waals surface area (Å²) >= 11 is 0. The number of nitrogens with one attached hydrogen (secondary N) is 1. The SMILES string of the molecule is C#CCCOCC(=O)N1CBc2nc(NC3Cc4ccccc4C3)ncc2C1. The van der Waals surface area contributed by atoms with Gasteiger partial charge in [-0.25, -0.2) is 9.97 Å². The predicted octanol–water partition coefficient (Wildman–Crippen LogP) is 0.457. The van der Waals surface area contributed by atoms with Crippen LogP contribution in [0.3, 0.4) is 0 Å². The lowest BCUT2D eigenvalue weighted by Gasteiger charge is -2.28. The van der Waals surface area contributed by atoms with E-state index in [2.05, 4.69) is 40.5 Å². The third-order valence-corrected chi connectivity index (χ3v) is 5.29. The number of nitrogens with zero attached hydrogens (tertiary/aromatic N) is 3. The van der Waals surface area contributed by atoms with E-state index in [1.165, 1.54) is 11.1 Å². The fraction of sp³-hybridized carbons (Fsp3) is 0.381. The van der Waals surface area contributed by atoms with Crippen LogP contribution in [0, 0.1) is 12.3 Å². The smallest absolute Gasteiger partial charge is 0.248 e. The Labute approximate surface area is 166 Å². The maximum atomic E-state index is 12.3. The highest BCUT2D eigenvalue weighted by atomic mass is 16.5. The molecule has 1 amide bonds. The molecule has 0 fully saturated rings. The second-order valence-electron chi connectivity index (χ2n) is 7.26. The van der Waals surface area contributed by atoms with Gasteiger partial charge in [0.2, 0.25) is 19.1 Å². The van der Waals surface area contributed by atoms with E-state index in [9.17, 15) is 4.79 Å². The lowest BCUT2D eigenvalue weighted by Crippen LogP contribution is -2.47. The summed E-state index contributed by atoms with van der Waals surface area (Å²) in [6.45, 7) is 1.01. The number of aromatic nitrogens is 2. The molecule has 1 aliphatic carbocycles. The first-order chi connectivity index (χ1) is 13.7. The van der Waals surface area contributed by atoms with Gasteiger partial charge in [0.1, 0.15) is 6.61 Å². The van der Waals surface area contributed by atoms with Gasteiger partial charge in [-0.1, -0.05) is 24.3 Å². The second kappa shape index (κ2) is 8.45. The van der Waals surface area contributed by atoms with Crippen LogP contribution < -0.4 is 10.9 Å². The summed E-state index contributed by atoms with van der Waals surface area (Å²) in [6, 6.07) is 8.88. The number of hydrogen-bond acceptors (Lipinski definition) is 5. The van der Waals surface area contributed by atoms with Gasteiger partial charge in [0, 0.05) is 42.8 Å². The van der Waals surface area contributed by atoms with E-state index in [1.54, 1.807) is 4.90 Å². The number of ether oxygens (including phenoxy) is 1. The Bertz CT molecular complexity index is 887. The van der Waals surface area contributed by atoms with E-state index in [0.717, 1.165) is 31.3 Å². The summed E-state index contributed by atoms with van der Waals surface area (Å²) < 4.78 is 5.32. The monoisotopic (exact) mass is 374 g/mol. The summed E-state index contributed by atoms with van der Waals surface area (Å²) in [5, 5.41) is 3.47. The van der Waals surface area contributed by atoms with Gasteiger partial charge < -0.3 is 15.0 Å². The Balaban J connectivity index is 1.33. The summed E-state index contributed by atoms with van der Waals surface area (Å²) in [5.41, 5.74) is 4.82. The fourth-order valence-electron chi connectivity index (χ4n) is 3.82. The number of anilines is 1. The van der Waals surface area contributed by atoms with Gasteiger partial charge in [0.25, 0.3) is 0 Å². The summed E-state index contributed by atoms with van der Waals surface area (Å²) in [7, 11) is 0.730. The van der Waals surface area contributed by atoms with Crippen LogP contribution in [-0.2, 0) is 28.9 Å². The molecule has 1 aromatic heterocycles. The third-order valence-electron chi connectivity index (χ3n) is 5.29.